The third-order valence-electron chi connectivity index (χ3n) is 5.41. The summed E-state index contributed by atoms with van der Waals surface area (Å²) in [4.78, 5) is 21.0. The molecule has 162 valence electrons. The molecule has 2 aromatic heterocycles. The number of amides is 1. The molecule has 32 heavy (non-hydrogen) atoms. The molecule has 4 aromatic rings. The minimum Gasteiger partial charge on any atom is -0.324 e. The molecule has 2 heterocycles. The lowest BCUT2D eigenvalue weighted by Crippen LogP contribution is -2.29. The van der Waals surface area contributed by atoms with Crippen LogP contribution in [-0.4, -0.2) is 40.3 Å². The van der Waals surface area contributed by atoms with Crippen molar-refractivity contribution in [2.45, 2.75) is 18.9 Å². The SMILES string of the molecule is CS(=O)(=O)NC(=O)c1ccc(Nc2ncc3cnn([C@H]4CCc5ccccc54)c3n2)cc1. The molecule has 0 fully saturated rings. The van der Waals surface area contributed by atoms with Crippen LogP contribution in [0.3, 0.4) is 0 Å². The predicted octanol–water partition coefficient (Wildman–Crippen LogP) is 2.79. The van der Waals surface area contributed by atoms with Crippen LogP contribution in [0.15, 0.2) is 60.9 Å². The molecule has 10 heteroatoms. The van der Waals surface area contributed by atoms with Crippen LogP contribution >= 0.6 is 0 Å². The van der Waals surface area contributed by atoms with E-state index in [1.807, 2.05) is 15.5 Å². The number of benzene rings is 2. The summed E-state index contributed by atoms with van der Waals surface area (Å²) in [5.41, 5.74) is 4.25. The topological polar surface area (TPSA) is 119 Å². The maximum atomic E-state index is 12.0. The van der Waals surface area contributed by atoms with Crippen molar-refractivity contribution in [1.29, 1.82) is 0 Å². The van der Waals surface area contributed by atoms with Crippen LogP contribution in [0.25, 0.3) is 11.0 Å². The molecule has 0 bridgehead atoms. The molecule has 1 aliphatic rings. The number of fused-ring (bicyclic) bond motifs is 2. The molecule has 0 saturated heterocycles. The first-order valence-corrected chi connectivity index (χ1v) is 11.9. The molecule has 9 nitrogen and oxygen atoms in total. The van der Waals surface area contributed by atoms with Crippen molar-refractivity contribution >= 4 is 38.6 Å². The van der Waals surface area contributed by atoms with E-state index in [-0.39, 0.29) is 11.6 Å². The summed E-state index contributed by atoms with van der Waals surface area (Å²) in [7, 11) is -3.62. The van der Waals surface area contributed by atoms with Crippen molar-refractivity contribution in [2.24, 2.45) is 0 Å². The van der Waals surface area contributed by atoms with Crippen molar-refractivity contribution in [2.75, 3.05) is 11.6 Å². The van der Waals surface area contributed by atoms with E-state index in [0.29, 0.717) is 11.6 Å². The number of rotatable bonds is 5. The molecule has 1 amide bonds. The van der Waals surface area contributed by atoms with Gasteiger partial charge in [0.2, 0.25) is 16.0 Å². The second-order valence-electron chi connectivity index (χ2n) is 7.72. The third-order valence-corrected chi connectivity index (χ3v) is 5.97. The van der Waals surface area contributed by atoms with Crippen LogP contribution in [0.5, 0.6) is 0 Å². The average Bonchev–Trinajstić information content (AvgIpc) is 3.36. The zero-order valence-corrected chi connectivity index (χ0v) is 18.0. The van der Waals surface area contributed by atoms with Crippen LogP contribution < -0.4 is 10.0 Å². The van der Waals surface area contributed by atoms with Gasteiger partial charge in [0.15, 0.2) is 5.65 Å². The standard InChI is InChI=1S/C22H20N6O3S/c1-32(30,31)27-21(29)15-6-9-17(10-7-15)25-22-23-12-16-13-24-28(20(16)26-22)19-11-8-14-4-2-3-5-18(14)19/h2-7,9-10,12-13,19H,8,11H2,1H3,(H,27,29)(H,23,25,26)/t19-/m0/s1. The van der Waals surface area contributed by atoms with Crippen molar-refractivity contribution < 1.29 is 13.2 Å². The molecule has 0 radical (unpaired) electrons. The maximum absolute atomic E-state index is 12.0. The van der Waals surface area contributed by atoms with Gasteiger partial charge in [0.05, 0.1) is 23.9 Å². The lowest BCUT2D eigenvalue weighted by atomic mass is 10.1. The minimum absolute atomic E-state index is 0.138. The van der Waals surface area contributed by atoms with Crippen molar-refractivity contribution in [3.8, 4) is 0 Å². The fourth-order valence-corrected chi connectivity index (χ4v) is 4.43. The first-order valence-electron chi connectivity index (χ1n) is 10.0. The van der Waals surface area contributed by atoms with Gasteiger partial charge in [-0.15, -0.1) is 0 Å². The Balaban J connectivity index is 1.39. The van der Waals surface area contributed by atoms with E-state index in [1.165, 1.54) is 23.3 Å². The van der Waals surface area contributed by atoms with Crippen molar-refractivity contribution in [3.63, 3.8) is 0 Å². The number of nitrogens with zero attached hydrogens (tertiary/aromatic N) is 4. The molecule has 0 spiro atoms. The van der Waals surface area contributed by atoms with Crippen LogP contribution in [0, 0.1) is 0 Å². The van der Waals surface area contributed by atoms with Gasteiger partial charge in [-0.3, -0.25) is 4.79 Å². The van der Waals surface area contributed by atoms with E-state index in [1.54, 1.807) is 24.5 Å². The normalized spacial score (nSPS) is 15.5. The van der Waals surface area contributed by atoms with Gasteiger partial charge in [0.25, 0.3) is 5.91 Å². The molecule has 5 rings (SSSR count). The molecule has 0 aliphatic heterocycles. The number of nitrogens with one attached hydrogen (secondary N) is 2. The Morgan fingerprint density at radius 2 is 1.88 bits per heavy atom. The highest BCUT2D eigenvalue weighted by Gasteiger charge is 2.26. The second-order valence-corrected chi connectivity index (χ2v) is 9.47. The summed E-state index contributed by atoms with van der Waals surface area (Å²) in [6, 6.07) is 14.9. The van der Waals surface area contributed by atoms with E-state index in [9.17, 15) is 13.2 Å². The summed E-state index contributed by atoms with van der Waals surface area (Å²) in [6.45, 7) is 0. The smallest absolute Gasteiger partial charge is 0.264 e. The van der Waals surface area contributed by atoms with Gasteiger partial charge in [-0.2, -0.15) is 10.1 Å². The summed E-state index contributed by atoms with van der Waals surface area (Å²) in [5.74, 6) is -0.281. The van der Waals surface area contributed by atoms with Gasteiger partial charge in [-0.1, -0.05) is 24.3 Å². The quantitative estimate of drug-likeness (QED) is 0.482. The van der Waals surface area contributed by atoms with Crippen LogP contribution in [0.2, 0.25) is 0 Å². The lowest BCUT2D eigenvalue weighted by Gasteiger charge is -2.13. The van der Waals surface area contributed by atoms with E-state index < -0.39 is 15.9 Å². The number of sulfonamides is 1. The highest BCUT2D eigenvalue weighted by molar-refractivity contribution is 7.89. The van der Waals surface area contributed by atoms with Crippen molar-refractivity contribution in [3.05, 3.63) is 77.6 Å². The molecule has 0 unspecified atom stereocenters. The number of hydrogen-bond acceptors (Lipinski definition) is 7. The Bertz CT molecular complexity index is 1430. The van der Waals surface area contributed by atoms with Crippen LogP contribution in [-0.2, 0) is 16.4 Å². The van der Waals surface area contributed by atoms with E-state index >= 15 is 0 Å². The van der Waals surface area contributed by atoms with Gasteiger partial charge in [-0.25, -0.2) is 22.8 Å². The van der Waals surface area contributed by atoms with Gasteiger partial charge >= 0.3 is 0 Å². The van der Waals surface area contributed by atoms with Gasteiger partial charge in [0, 0.05) is 17.4 Å². The Kier molecular flexibility index (Phi) is 4.86. The highest BCUT2D eigenvalue weighted by Crippen LogP contribution is 2.35. The molecule has 2 aromatic carbocycles. The lowest BCUT2D eigenvalue weighted by molar-refractivity contribution is 0.0981. The van der Waals surface area contributed by atoms with Crippen LogP contribution in [0.4, 0.5) is 11.6 Å². The molecular weight excluding hydrogens is 428 g/mol. The fraction of sp³-hybridized carbons (Fsp3) is 0.182. The summed E-state index contributed by atoms with van der Waals surface area (Å²) in [6.07, 6.45) is 6.42. The second kappa shape index (κ2) is 7.72. The molecule has 1 atom stereocenters. The number of aromatic nitrogens is 4. The summed E-state index contributed by atoms with van der Waals surface area (Å²) in [5, 5.41) is 8.56. The molecule has 2 N–H and O–H groups in total. The Labute approximate surface area is 184 Å². The Morgan fingerprint density at radius 3 is 2.66 bits per heavy atom. The van der Waals surface area contributed by atoms with Crippen molar-refractivity contribution in [1.82, 2.24) is 24.5 Å². The highest BCUT2D eigenvalue weighted by atomic mass is 32.2. The number of aryl methyl sites for hydroxylation is 1. The average molecular weight is 449 g/mol. The van der Waals surface area contributed by atoms with E-state index in [2.05, 4.69) is 38.6 Å². The minimum atomic E-state index is -3.62. The summed E-state index contributed by atoms with van der Waals surface area (Å²) >= 11 is 0. The summed E-state index contributed by atoms with van der Waals surface area (Å²) < 4.78 is 26.4. The number of anilines is 2. The van der Waals surface area contributed by atoms with Crippen LogP contribution in [0.1, 0.15) is 33.9 Å². The van der Waals surface area contributed by atoms with E-state index in [0.717, 1.165) is 30.1 Å². The van der Waals surface area contributed by atoms with E-state index in [4.69, 9.17) is 0 Å². The van der Waals surface area contributed by atoms with Gasteiger partial charge < -0.3 is 5.32 Å². The molecule has 0 saturated carbocycles. The third kappa shape index (κ3) is 3.92. The first-order chi connectivity index (χ1) is 15.4. The van der Waals surface area contributed by atoms with Gasteiger partial charge in [-0.05, 0) is 48.2 Å². The Hall–Kier alpha value is -3.79. The molecule has 1 aliphatic carbocycles. The maximum Gasteiger partial charge on any atom is 0.264 e. The Morgan fingerprint density at radius 1 is 1.09 bits per heavy atom. The number of carbonyl (C=O) groups excluding carboxylic acids is 1. The zero-order chi connectivity index (χ0) is 22.3. The number of hydrogen-bond donors (Lipinski definition) is 2. The molecular formula is C22H20N6O3S. The largest absolute Gasteiger partial charge is 0.324 e. The predicted molar refractivity (Wildman–Crippen MR) is 120 cm³/mol. The zero-order valence-electron chi connectivity index (χ0n) is 17.2. The monoisotopic (exact) mass is 448 g/mol. The van der Waals surface area contributed by atoms with Gasteiger partial charge in [0.1, 0.15) is 0 Å². The number of carbonyl (C=O) groups is 1. The fourth-order valence-electron chi connectivity index (χ4n) is 3.97. The first kappa shape index (κ1) is 20.1.